The van der Waals surface area contributed by atoms with Crippen LogP contribution in [0.5, 0.6) is 0 Å². The van der Waals surface area contributed by atoms with Crippen LogP contribution in [0.4, 0.5) is 0 Å². The summed E-state index contributed by atoms with van der Waals surface area (Å²) in [4.78, 5) is 10.5. The van der Waals surface area contributed by atoms with Gasteiger partial charge in [0.25, 0.3) is 0 Å². The van der Waals surface area contributed by atoms with Gasteiger partial charge < -0.3 is 0 Å². The Kier molecular flexibility index (Phi) is 7.04. The largest absolute Gasteiger partial charge is 0.228 e. The van der Waals surface area contributed by atoms with Crippen molar-refractivity contribution in [2.24, 2.45) is 0 Å². The van der Waals surface area contributed by atoms with Crippen LogP contribution in [0.2, 0.25) is 0 Å². The SMILES string of the molecule is c1ccc(-c2cc(-c3cc(-c4ccc5ccccc5c4)cc(-c4cccc5sc6ccccc6c45)c3)nc(-c3ccc4ccccc4c3)n2)cc1. The van der Waals surface area contributed by atoms with Crippen LogP contribution < -0.4 is 0 Å². The van der Waals surface area contributed by atoms with Gasteiger partial charge >= 0.3 is 0 Å². The summed E-state index contributed by atoms with van der Waals surface area (Å²) < 4.78 is 2.59. The average Bonchev–Trinajstić information content (AvgIpc) is 3.59. The van der Waals surface area contributed by atoms with Crippen LogP contribution >= 0.6 is 11.3 Å². The molecule has 2 nitrogen and oxygen atoms in total. The van der Waals surface area contributed by atoms with Gasteiger partial charge in [0.15, 0.2) is 5.82 Å². The second kappa shape index (κ2) is 12.2. The van der Waals surface area contributed by atoms with E-state index in [4.69, 9.17) is 9.97 Å². The van der Waals surface area contributed by atoms with E-state index in [1.54, 1.807) is 0 Å². The molecule has 0 aliphatic heterocycles. The lowest BCUT2D eigenvalue weighted by Gasteiger charge is -2.14. The van der Waals surface area contributed by atoms with Crippen LogP contribution in [-0.2, 0) is 0 Å². The average molecular weight is 667 g/mol. The van der Waals surface area contributed by atoms with Crippen molar-refractivity contribution in [3.05, 3.63) is 182 Å². The zero-order valence-corrected chi connectivity index (χ0v) is 28.4. The molecule has 0 spiro atoms. The van der Waals surface area contributed by atoms with Gasteiger partial charge in [-0.2, -0.15) is 0 Å². The van der Waals surface area contributed by atoms with Gasteiger partial charge in [-0.3, -0.25) is 0 Å². The summed E-state index contributed by atoms with van der Waals surface area (Å²) in [5, 5.41) is 7.41. The van der Waals surface area contributed by atoms with E-state index in [0.717, 1.165) is 39.2 Å². The second-order valence-electron chi connectivity index (χ2n) is 13.0. The minimum atomic E-state index is 0.709. The maximum Gasteiger partial charge on any atom is 0.160 e. The van der Waals surface area contributed by atoms with Crippen molar-refractivity contribution in [3.63, 3.8) is 0 Å². The predicted octanol–water partition coefficient (Wildman–Crippen LogP) is 13.5. The Bertz CT molecular complexity index is 2920. The van der Waals surface area contributed by atoms with Gasteiger partial charge in [-0.1, -0.05) is 133 Å². The molecule has 0 saturated carbocycles. The first-order valence-electron chi connectivity index (χ1n) is 17.2. The Balaban J connectivity index is 1.23. The third kappa shape index (κ3) is 5.36. The Labute approximate surface area is 300 Å². The quantitative estimate of drug-likeness (QED) is 0.183. The first-order valence-corrected chi connectivity index (χ1v) is 18.0. The Hall–Kier alpha value is -6.42. The fourth-order valence-corrected chi connectivity index (χ4v) is 8.42. The van der Waals surface area contributed by atoms with Gasteiger partial charge in [-0.05, 0) is 92.3 Å². The lowest BCUT2D eigenvalue weighted by molar-refractivity contribution is 1.18. The summed E-state index contributed by atoms with van der Waals surface area (Å²) in [6, 6.07) is 65.2. The first kappa shape index (κ1) is 29.5. The van der Waals surface area contributed by atoms with E-state index in [2.05, 4.69) is 176 Å². The fourth-order valence-electron chi connectivity index (χ4n) is 7.29. The highest BCUT2D eigenvalue weighted by molar-refractivity contribution is 7.25. The molecule has 0 aliphatic carbocycles. The Morgan fingerprint density at radius 1 is 0.333 bits per heavy atom. The van der Waals surface area contributed by atoms with Gasteiger partial charge in [0.1, 0.15) is 0 Å². The van der Waals surface area contributed by atoms with E-state index >= 15 is 0 Å². The monoisotopic (exact) mass is 666 g/mol. The lowest BCUT2D eigenvalue weighted by atomic mass is 9.92. The summed E-state index contributed by atoms with van der Waals surface area (Å²) in [5.41, 5.74) is 9.59. The smallest absolute Gasteiger partial charge is 0.160 e. The normalized spacial score (nSPS) is 11.5. The van der Waals surface area contributed by atoms with Crippen LogP contribution in [0.3, 0.4) is 0 Å². The minimum Gasteiger partial charge on any atom is -0.228 e. The standard InChI is InChI=1S/C48H30N2S/c1-2-13-33(14-3-1)43-30-44(50-48(49-43)37-24-22-32-12-5-7-16-35(32)26-37)40-28-38(36-23-21-31-11-4-6-15-34(31)25-36)27-39(29-40)41-18-10-20-46-47(41)42-17-8-9-19-45(42)51-46/h1-30H. The molecular weight excluding hydrogens is 637 g/mol. The molecule has 51 heavy (non-hydrogen) atoms. The molecule has 0 radical (unpaired) electrons. The van der Waals surface area contributed by atoms with E-state index in [1.165, 1.54) is 52.8 Å². The van der Waals surface area contributed by atoms with Gasteiger partial charge in [0.05, 0.1) is 11.4 Å². The van der Waals surface area contributed by atoms with E-state index < -0.39 is 0 Å². The predicted molar refractivity (Wildman–Crippen MR) is 217 cm³/mol. The van der Waals surface area contributed by atoms with Crippen molar-refractivity contribution in [1.82, 2.24) is 9.97 Å². The summed E-state index contributed by atoms with van der Waals surface area (Å²) in [7, 11) is 0. The number of aromatic nitrogens is 2. The van der Waals surface area contributed by atoms with Gasteiger partial charge in [0, 0.05) is 36.9 Å². The van der Waals surface area contributed by atoms with E-state index in [-0.39, 0.29) is 0 Å². The van der Waals surface area contributed by atoms with Crippen LogP contribution in [0.1, 0.15) is 0 Å². The van der Waals surface area contributed by atoms with Crippen LogP contribution in [0, 0.1) is 0 Å². The summed E-state index contributed by atoms with van der Waals surface area (Å²) in [6.07, 6.45) is 0. The highest BCUT2D eigenvalue weighted by Crippen LogP contribution is 2.42. The van der Waals surface area contributed by atoms with Crippen LogP contribution in [0.25, 0.3) is 97.9 Å². The first-order chi connectivity index (χ1) is 25.2. The molecule has 0 saturated heterocycles. The van der Waals surface area contributed by atoms with Gasteiger partial charge in [-0.25, -0.2) is 9.97 Å². The van der Waals surface area contributed by atoms with Crippen molar-refractivity contribution in [1.29, 1.82) is 0 Å². The van der Waals surface area contributed by atoms with Crippen LogP contribution in [-0.4, -0.2) is 9.97 Å². The molecule has 0 N–H and O–H groups in total. The van der Waals surface area contributed by atoms with Gasteiger partial charge in [0.2, 0.25) is 0 Å². The number of thiophene rings is 1. The third-order valence-corrected chi connectivity index (χ3v) is 11.0. The Morgan fingerprint density at radius 3 is 1.71 bits per heavy atom. The summed E-state index contributed by atoms with van der Waals surface area (Å²) in [6.45, 7) is 0. The lowest BCUT2D eigenvalue weighted by Crippen LogP contribution is -1.97. The van der Waals surface area contributed by atoms with Crippen molar-refractivity contribution in [2.75, 3.05) is 0 Å². The van der Waals surface area contributed by atoms with Crippen LogP contribution in [0.15, 0.2) is 182 Å². The topological polar surface area (TPSA) is 25.8 Å². The van der Waals surface area contributed by atoms with E-state index in [1.807, 2.05) is 17.4 Å². The maximum atomic E-state index is 5.32. The molecule has 238 valence electrons. The third-order valence-electron chi connectivity index (χ3n) is 9.83. The van der Waals surface area contributed by atoms with Crippen molar-refractivity contribution in [3.8, 4) is 56.2 Å². The number of hydrogen-bond acceptors (Lipinski definition) is 3. The number of nitrogens with zero attached hydrogens (tertiary/aromatic N) is 2. The minimum absolute atomic E-state index is 0.709. The number of rotatable bonds is 5. The molecule has 10 aromatic rings. The van der Waals surface area contributed by atoms with Gasteiger partial charge in [-0.15, -0.1) is 11.3 Å². The molecule has 8 aromatic carbocycles. The van der Waals surface area contributed by atoms with E-state index in [9.17, 15) is 0 Å². The number of hydrogen-bond donors (Lipinski definition) is 0. The van der Waals surface area contributed by atoms with Crippen molar-refractivity contribution in [2.45, 2.75) is 0 Å². The van der Waals surface area contributed by atoms with E-state index in [0.29, 0.717) is 5.82 Å². The molecule has 2 heterocycles. The molecule has 0 aliphatic rings. The zero-order valence-electron chi connectivity index (χ0n) is 27.6. The van der Waals surface area contributed by atoms with Crippen molar-refractivity contribution < 1.29 is 0 Å². The second-order valence-corrected chi connectivity index (χ2v) is 14.1. The van der Waals surface area contributed by atoms with Crippen molar-refractivity contribution >= 4 is 53.1 Å². The zero-order chi connectivity index (χ0) is 33.7. The molecule has 0 atom stereocenters. The molecule has 0 fully saturated rings. The molecule has 2 aromatic heterocycles. The molecule has 0 bridgehead atoms. The Morgan fingerprint density at radius 2 is 0.922 bits per heavy atom. The highest BCUT2D eigenvalue weighted by atomic mass is 32.1. The molecule has 3 heteroatoms. The maximum absolute atomic E-state index is 5.32. The fraction of sp³-hybridized carbons (Fsp3) is 0. The molecule has 10 rings (SSSR count). The molecule has 0 amide bonds. The number of benzene rings is 8. The number of fused-ring (bicyclic) bond motifs is 5. The molecule has 0 unspecified atom stereocenters. The highest BCUT2D eigenvalue weighted by Gasteiger charge is 2.16. The summed E-state index contributed by atoms with van der Waals surface area (Å²) >= 11 is 1.85. The summed E-state index contributed by atoms with van der Waals surface area (Å²) in [5.74, 6) is 0.709. The molecular formula is C48H30N2S.